The van der Waals surface area contributed by atoms with E-state index in [0.717, 1.165) is 4.88 Å². The van der Waals surface area contributed by atoms with Gasteiger partial charge in [-0.25, -0.2) is 0 Å². The Kier molecular flexibility index (Phi) is 6.97. The zero-order valence-electron chi connectivity index (χ0n) is 13.1. The molecule has 0 fully saturated rings. The van der Waals surface area contributed by atoms with Gasteiger partial charge in [-0.1, -0.05) is 24.3 Å². The Labute approximate surface area is 144 Å². The Morgan fingerprint density at radius 2 is 1.54 bits per heavy atom. The monoisotopic (exact) mass is 345 g/mol. The van der Waals surface area contributed by atoms with Gasteiger partial charge in [0.25, 0.3) is 5.91 Å². The molecule has 3 amide bonds. The van der Waals surface area contributed by atoms with Gasteiger partial charge in [0, 0.05) is 23.5 Å². The molecule has 0 spiro atoms. The fraction of sp³-hybridized carbons (Fsp3) is 0.235. The van der Waals surface area contributed by atoms with Gasteiger partial charge in [-0.3, -0.25) is 14.4 Å². The van der Waals surface area contributed by atoms with Crippen molar-refractivity contribution in [1.29, 1.82) is 0 Å². The molecule has 24 heavy (non-hydrogen) atoms. The maximum atomic E-state index is 11.8. The van der Waals surface area contributed by atoms with Crippen molar-refractivity contribution in [2.45, 2.75) is 6.42 Å². The van der Waals surface area contributed by atoms with E-state index in [-0.39, 0.29) is 24.3 Å². The molecular weight excluding hydrogens is 326 g/mol. The zero-order valence-corrected chi connectivity index (χ0v) is 13.9. The molecule has 0 unspecified atom stereocenters. The topological polar surface area (TPSA) is 87.3 Å². The summed E-state index contributed by atoms with van der Waals surface area (Å²) in [6.45, 7) is 0.565. The lowest BCUT2D eigenvalue weighted by molar-refractivity contribution is -0.122. The highest BCUT2D eigenvalue weighted by Crippen LogP contribution is 2.08. The van der Waals surface area contributed by atoms with Crippen molar-refractivity contribution in [3.8, 4) is 0 Å². The standard InChI is InChI=1S/C17H19N3O3S/c21-15(11-14-7-4-10-24-14)18-8-9-19-16(22)12-20-17(23)13-5-2-1-3-6-13/h1-7,10H,8-9,11-12H2,(H,18,21)(H,19,22)(H,20,23). The number of amides is 3. The van der Waals surface area contributed by atoms with Gasteiger partial charge in [0.05, 0.1) is 13.0 Å². The van der Waals surface area contributed by atoms with Crippen LogP contribution in [0.1, 0.15) is 15.2 Å². The number of hydrogen-bond acceptors (Lipinski definition) is 4. The molecule has 6 nitrogen and oxygen atoms in total. The quantitative estimate of drug-likeness (QED) is 0.623. The van der Waals surface area contributed by atoms with E-state index >= 15 is 0 Å². The second-order valence-corrected chi connectivity index (χ2v) is 6.04. The summed E-state index contributed by atoms with van der Waals surface area (Å²) in [6.07, 6.45) is 0.346. The number of benzene rings is 1. The maximum Gasteiger partial charge on any atom is 0.251 e. The van der Waals surface area contributed by atoms with Crippen LogP contribution in [0.3, 0.4) is 0 Å². The molecule has 0 bridgehead atoms. The lowest BCUT2D eigenvalue weighted by Gasteiger charge is -2.08. The molecule has 7 heteroatoms. The first-order valence-electron chi connectivity index (χ1n) is 7.54. The molecular formula is C17H19N3O3S. The second kappa shape index (κ2) is 9.46. The lowest BCUT2D eigenvalue weighted by atomic mass is 10.2. The first kappa shape index (κ1) is 17.7. The minimum absolute atomic E-state index is 0.0796. The number of nitrogens with one attached hydrogen (secondary N) is 3. The molecule has 0 aliphatic heterocycles. The minimum atomic E-state index is -0.299. The van der Waals surface area contributed by atoms with Crippen LogP contribution in [-0.4, -0.2) is 37.4 Å². The van der Waals surface area contributed by atoms with Gasteiger partial charge in [0.1, 0.15) is 0 Å². The summed E-state index contributed by atoms with van der Waals surface area (Å²) < 4.78 is 0. The van der Waals surface area contributed by atoms with E-state index in [9.17, 15) is 14.4 Å². The van der Waals surface area contributed by atoms with E-state index in [2.05, 4.69) is 16.0 Å². The van der Waals surface area contributed by atoms with Gasteiger partial charge >= 0.3 is 0 Å². The normalized spacial score (nSPS) is 10.0. The molecule has 0 radical (unpaired) electrons. The van der Waals surface area contributed by atoms with Crippen LogP contribution in [0, 0.1) is 0 Å². The predicted octanol–water partition coefficient (Wildman–Crippen LogP) is 0.953. The third-order valence-corrected chi connectivity index (χ3v) is 4.01. The second-order valence-electron chi connectivity index (χ2n) is 5.00. The molecule has 0 aliphatic carbocycles. The van der Waals surface area contributed by atoms with Crippen LogP contribution in [0.15, 0.2) is 47.8 Å². The molecule has 3 N–H and O–H groups in total. The first-order valence-corrected chi connectivity index (χ1v) is 8.42. The van der Waals surface area contributed by atoms with Crippen molar-refractivity contribution in [3.05, 3.63) is 58.3 Å². The minimum Gasteiger partial charge on any atom is -0.354 e. The van der Waals surface area contributed by atoms with Crippen molar-refractivity contribution in [2.24, 2.45) is 0 Å². The molecule has 0 saturated heterocycles. The van der Waals surface area contributed by atoms with Gasteiger partial charge in [-0.15, -0.1) is 11.3 Å². The average Bonchev–Trinajstić information content (AvgIpc) is 3.10. The molecule has 1 heterocycles. The van der Waals surface area contributed by atoms with Crippen LogP contribution >= 0.6 is 11.3 Å². The van der Waals surface area contributed by atoms with E-state index in [4.69, 9.17) is 0 Å². The molecule has 126 valence electrons. The Balaban J connectivity index is 1.56. The zero-order chi connectivity index (χ0) is 17.2. The maximum absolute atomic E-state index is 11.8. The van der Waals surface area contributed by atoms with Crippen molar-refractivity contribution >= 4 is 29.1 Å². The summed E-state index contributed by atoms with van der Waals surface area (Å²) >= 11 is 1.53. The van der Waals surface area contributed by atoms with Gasteiger partial charge in [-0.2, -0.15) is 0 Å². The number of hydrogen-bond donors (Lipinski definition) is 3. The summed E-state index contributed by atoms with van der Waals surface area (Å²) in [5.41, 5.74) is 0.506. The van der Waals surface area contributed by atoms with E-state index in [1.54, 1.807) is 24.3 Å². The van der Waals surface area contributed by atoms with Crippen LogP contribution in [0.2, 0.25) is 0 Å². The van der Waals surface area contributed by atoms with Crippen LogP contribution in [0.4, 0.5) is 0 Å². The van der Waals surface area contributed by atoms with E-state index in [0.29, 0.717) is 25.1 Å². The molecule has 0 saturated carbocycles. The van der Waals surface area contributed by atoms with E-state index in [1.807, 2.05) is 23.6 Å². The van der Waals surface area contributed by atoms with Crippen molar-refractivity contribution < 1.29 is 14.4 Å². The van der Waals surface area contributed by atoms with Gasteiger partial charge in [-0.05, 0) is 23.6 Å². The summed E-state index contributed by atoms with van der Waals surface area (Å²) in [5.74, 6) is -0.675. The smallest absolute Gasteiger partial charge is 0.251 e. The van der Waals surface area contributed by atoms with Crippen molar-refractivity contribution in [1.82, 2.24) is 16.0 Å². The molecule has 2 aromatic rings. The van der Waals surface area contributed by atoms with Crippen LogP contribution in [0.5, 0.6) is 0 Å². The molecule has 0 aliphatic rings. The fourth-order valence-electron chi connectivity index (χ4n) is 1.95. The highest BCUT2D eigenvalue weighted by Gasteiger charge is 2.07. The highest BCUT2D eigenvalue weighted by atomic mass is 32.1. The fourth-order valence-corrected chi connectivity index (χ4v) is 2.66. The van der Waals surface area contributed by atoms with Gasteiger partial charge in [0.2, 0.25) is 11.8 Å². The number of carbonyl (C=O) groups is 3. The number of carbonyl (C=O) groups excluding carboxylic acids is 3. The third-order valence-electron chi connectivity index (χ3n) is 3.13. The number of rotatable bonds is 8. The molecule has 1 aromatic carbocycles. The summed E-state index contributed by atoms with van der Waals surface area (Å²) in [7, 11) is 0. The summed E-state index contributed by atoms with van der Waals surface area (Å²) in [4.78, 5) is 36.1. The summed E-state index contributed by atoms with van der Waals surface area (Å²) in [5, 5.41) is 9.83. The lowest BCUT2D eigenvalue weighted by Crippen LogP contribution is -2.40. The Bertz CT molecular complexity index is 672. The van der Waals surface area contributed by atoms with Crippen LogP contribution < -0.4 is 16.0 Å². The van der Waals surface area contributed by atoms with Gasteiger partial charge < -0.3 is 16.0 Å². The largest absolute Gasteiger partial charge is 0.354 e. The van der Waals surface area contributed by atoms with Crippen molar-refractivity contribution in [2.75, 3.05) is 19.6 Å². The highest BCUT2D eigenvalue weighted by molar-refractivity contribution is 7.10. The van der Waals surface area contributed by atoms with Crippen molar-refractivity contribution in [3.63, 3.8) is 0 Å². The Morgan fingerprint density at radius 1 is 0.833 bits per heavy atom. The SMILES string of the molecule is O=C(CNC(=O)c1ccccc1)NCCNC(=O)Cc1cccs1. The Morgan fingerprint density at radius 3 is 2.21 bits per heavy atom. The molecule has 2 rings (SSSR count). The Hall–Kier alpha value is -2.67. The number of thiophene rings is 1. The van der Waals surface area contributed by atoms with Crippen LogP contribution in [0.25, 0.3) is 0 Å². The van der Waals surface area contributed by atoms with E-state index in [1.165, 1.54) is 11.3 Å². The van der Waals surface area contributed by atoms with Crippen LogP contribution in [-0.2, 0) is 16.0 Å². The van der Waals surface area contributed by atoms with E-state index < -0.39 is 0 Å². The first-order chi connectivity index (χ1) is 11.6. The average molecular weight is 345 g/mol. The third kappa shape index (κ3) is 6.21. The molecule has 0 atom stereocenters. The molecule has 1 aromatic heterocycles. The predicted molar refractivity (Wildman–Crippen MR) is 92.8 cm³/mol. The van der Waals surface area contributed by atoms with Gasteiger partial charge in [0.15, 0.2) is 0 Å². The summed E-state index contributed by atoms with van der Waals surface area (Å²) in [6, 6.07) is 12.5.